The summed E-state index contributed by atoms with van der Waals surface area (Å²) in [5.41, 5.74) is 0.830. The molecule has 26 heavy (non-hydrogen) atoms. The van der Waals surface area contributed by atoms with Crippen molar-refractivity contribution in [1.82, 2.24) is 4.90 Å². The number of esters is 1. The third kappa shape index (κ3) is 3.66. The number of hydrogen-bond acceptors (Lipinski definition) is 6. The van der Waals surface area contributed by atoms with E-state index in [1.165, 1.54) is 11.3 Å². The molecule has 0 aliphatic carbocycles. The first-order valence-electron chi connectivity index (χ1n) is 8.47. The highest BCUT2D eigenvalue weighted by Gasteiger charge is 2.30. The van der Waals surface area contributed by atoms with Crippen molar-refractivity contribution in [1.29, 1.82) is 0 Å². The lowest BCUT2D eigenvalue weighted by Crippen LogP contribution is -2.27. The zero-order valence-electron chi connectivity index (χ0n) is 14.7. The topological polar surface area (TPSA) is 75.7 Å². The van der Waals surface area contributed by atoms with Gasteiger partial charge >= 0.3 is 5.97 Å². The minimum Gasteiger partial charge on any atom is -0.462 e. The number of amides is 2. The molecule has 0 aromatic carbocycles. The summed E-state index contributed by atoms with van der Waals surface area (Å²) in [7, 11) is 0. The first-order chi connectivity index (χ1) is 12.5. The van der Waals surface area contributed by atoms with Crippen LogP contribution < -0.4 is 5.32 Å². The van der Waals surface area contributed by atoms with Gasteiger partial charge in [-0.05, 0) is 43.7 Å². The molecule has 8 heteroatoms. The van der Waals surface area contributed by atoms with Crippen LogP contribution in [-0.2, 0) is 4.74 Å². The van der Waals surface area contributed by atoms with Crippen LogP contribution in [0.4, 0.5) is 5.00 Å². The summed E-state index contributed by atoms with van der Waals surface area (Å²) in [5.74, 6) is -0.914. The van der Waals surface area contributed by atoms with Crippen molar-refractivity contribution in [3.63, 3.8) is 0 Å². The standard InChI is InChI=1S/C18H20N2O4S2/c1-3-24-18(23)13-11(2)14(17(22)20-8-4-5-9-20)26-16(13)19-15(21)12-7-6-10-25-12/h6-7,10H,3-5,8-9H2,1-2H3,(H,19,21). The van der Waals surface area contributed by atoms with Gasteiger partial charge in [0.25, 0.3) is 11.8 Å². The third-order valence-corrected chi connectivity index (χ3v) is 6.25. The molecule has 3 heterocycles. The van der Waals surface area contributed by atoms with Crippen molar-refractivity contribution >= 4 is 45.5 Å². The fourth-order valence-corrected chi connectivity index (χ4v) is 4.67. The van der Waals surface area contributed by atoms with Crippen LogP contribution >= 0.6 is 22.7 Å². The lowest BCUT2D eigenvalue weighted by atomic mass is 10.1. The molecule has 1 fully saturated rings. The van der Waals surface area contributed by atoms with Crippen molar-refractivity contribution in [2.45, 2.75) is 26.7 Å². The predicted octanol–water partition coefficient (Wildman–Crippen LogP) is 3.78. The van der Waals surface area contributed by atoms with Gasteiger partial charge in [0.05, 0.1) is 21.9 Å². The first kappa shape index (κ1) is 18.6. The van der Waals surface area contributed by atoms with Crippen LogP contribution in [0.25, 0.3) is 0 Å². The van der Waals surface area contributed by atoms with Gasteiger partial charge in [0.15, 0.2) is 0 Å². The molecule has 1 saturated heterocycles. The number of carbonyl (C=O) groups excluding carboxylic acids is 3. The molecule has 6 nitrogen and oxygen atoms in total. The summed E-state index contributed by atoms with van der Waals surface area (Å²) >= 11 is 2.46. The minimum absolute atomic E-state index is 0.0906. The average Bonchev–Trinajstić information content (AvgIpc) is 3.36. The maximum Gasteiger partial charge on any atom is 0.341 e. The number of likely N-dealkylation sites (tertiary alicyclic amines) is 1. The molecular formula is C18H20N2O4S2. The Hall–Kier alpha value is -2.19. The summed E-state index contributed by atoms with van der Waals surface area (Å²) < 4.78 is 5.13. The van der Waals surface area contributed by atoms with E-state index in [9.17, 15) is 14.4 Å². The van der Waals surface area contributed by atoms with Crippen molar-refractivity contribution in [2.24, 2.45) is 0 Å². The van der Waals surface area contributed by atoms with Gasteiger partial charge in [-0.15, -0.1) is 22.7 Å². The molecule has 1 aliphatic rings. The Morgan fingerprint density at radius 3 is 2.62 bits per heavy atom. The highest BCUT2D eigenvalue weighted by molar-refractivity contribution is 7.19. The molecule has 0 radical (unpaired) electrons. The largest absolute Gasteiger partial charge is 0.462 e. The summed E-state index contributed by atoms with van der Waals surface area (Å²) in [5, 5.41) is 4.95. The lowest BCUT2D eigenvalue weighted by molar-refractivity contribution is 0.0527. The van der Waals surface area contributed by atoms with Crippen LogP contribution in [0.15, 0.2) is 17.5 Å². The SMILES string of the molecule is CCOC(=O)c1c(NC(=O)c2cccs2)sc(C(=O)N2CCCC2)c1C. The second-order valence-corrected chi connectivity index (χ2v) is 7.88. The summed E-state index contributed by atoms with van der Waals surface area (Å²) in [6.45, 7) is 5.12. The lowest BCUT2D eigenvalue weighted by Gasteiger charge is -2.14. The van der Waals surface area contributed by atoms with E-state index >= 15 is 0 Å². The second kappa shape index (κ2) is 8.01. The maximum atomic E-state index is 12.8. The smallest absolute Gasteiger partial charge is 0.341 e. The van der Waals surface area contributed by atoms with Gasteiger partial charge in [-0.25, -0.2) is 4.79 Å². The van der Waals surface area contributed by atoms with Crippen molar-refractivity contribution in [3.8, 4) is 0 Å². The number of ether oxygens (including phenoxy) is 1. The summed E-state index contributed by atoms with van der Waals surface area (Å²) in [4.78, 5) is 40.5. The van der Waals surface area contributed by atoms with Crippen LogP contribution in [0.5, 0.6) is 0 Å². The Labute approximate surface area is 159 Å². The van der Waals surface area contributed by atoms with Gasteiger partial charge < -0.3 is 15.0 Å². The van der Waals surface area contributed by atoms with Gasteiger partial charge in [-0.1, -0.05) is 6.07 Å². The fraction of sp³-hybridized carbons (Fsp3) is 0.389. The minimum atomic E-state index is -0.525. The van der Waals surface area contributed by atoms with Crippen molar-refractivity contribution in [3.05, 3.63) is 38.4 Å². The molecule has 2 aromatic heterocycles. The van der Waals surface area contributed by atoms with E-state index in [0.29, 0.717) is 20.3 Å². The fourth-order valence-electron chi connectivity index (χ4n) is 2.89. The van der Waals surface area contributed by atoms with Crippen LogP contribution in [0.1, 0.15) is 55.0 Å². The Morgan fingerprint density at radius 1 is 1.27 bits per heavy atom. The first-order valence-corrected chi connectivity index (χ1v) is 10.2. The Kier molecular flexibility index (Phi) is 5.73. The normalized spacial score (nSPS) is 13.7. The molecule has 138 valence electrons. The third-order valence-electron chi connectivity index (χ3n) is 4.19. The van der Waals surface area contributed by atoms with E-state index in [-0.39, 0.29) is 24.0 Å². The number of rotatable bonds is 5. The van der Waals surface area contributed by atoms with Crippen LogP contribution in [0.2, 0.25) is 0 Å². The predicted molar refractivity (Wildman–Crippen MR) is 102 cm³/mol. The van der Waals surface area contributed by atoms with Crippen LogP contribution in [0.3, 0.4) is 0 Å². The van der Waals surface area contributed by atoms with Crippen LogP contribution in [0, 0.1) is 6.92 Å². The molecule has 2 amide bonds. The van der Waals surface area contributed by atoms with Crippen molar-refractivity contribution < 1.29 is 19.1 Å². The molecule has 2 aromatic rings. The quantitative estimate of drug-likeness (QED) is 0.786. The molecule has 0 unspecified atom stereocenters. The van der Waals surface area contributed by atoms with Gasteiger partial charge in [0.2, 0.25) is 0 Å². The number of nitrogens with zero attached hydrogens (tertiary/aromatic N) is 1. The zero-order valence-corrected chi connectivity index (χ0v) is 16.3. The Bertz CT molecular complexity index is 821. The van der Waals surface area contributed by atoms with Gasteiger partial charge in [-0.3, -0.25) is 9.59 Å². The molecular weight excluding hydrogens is 372 g/mol. The van der Waals surface area contributed by atoms with Gasteiger partial charge in [-0.2, -0.15) is 0 Å². The summed E-state index contributed by atoms with van der Waals surface area (Å²) in [6.07, 6.45) is 1.98. The van der Waals surface area contributed by atoms with E-state index in [1.54, 1.807) is 30.9 Å². The average molecular weight is 393 g/mol. The molecule has 0 bridgehead atoms. The second-order valence-electron chi connectivity index (χ2n) is 5.91. The van der Waals surface area contributed by atoms with Crippen LogP contribution in [-0.4, -0.2) is 42.4 Å². The monoisotopic (exact) mass is 392 g/mol. The molecule has 0 spiro atoms. The number of carbonyl (C=O) groups is 3. The molecule has 3 rings (SSSR count). The van der Waals surface area contributed by atoms with Gasteiger partial charge in [0, 0.05) is 13.1 Å². The highest BCUT2D eigenvalue weighted by Crippen LogP contribution is 2.35. The maximum absolute atomic E-state index is 12.8. The molecule has 1 N–H and O–H groups in total. The molecule has 0 saturated carbocycles. The van der Waals surface area contributed by atoms with E-state index in [2.05, 4.69) is 5.32 Å². The molecule has 0 atom stereocenters. The number of hydrogen-bond donors (Lipinski definition) is 1. The number of nitrogens with one attached hydrogen (secondary N) is 1. The van der Waals surface area contributed by atoms with E-state index in [4.69, 9.17) is 4.74 Å². The summed E-state index contributed by atoms with van der Waals surface area (Å²) in [6, 6.07) is 3.49. The van der Waals surface area contributed by atoms with E-state index in [0.717, 1.165) is 37.3 Å². The van der Waals surface area contributed by atoms with Gasteiger partial charge in [0.1, 0.15) is 5.00 Å². The van der Waals surface area contributed by atoms with E-state index in [1.807, 2.05) is 5.38 Å². The highest BCUT2D eigenvalue weighted by atomic mass is 32.1. The number of thiophene rings is 2. The Morgan fingerprint density at radius 2 is 2.00 bits per heavy atom. The van der Waals surface area contributed by atoms with Crippen molar-refractivity contribution in [2.75, 3.05) is 25.0 Å². The number of anilines is 1. The zero-order chi connectivity index (χ0) is 18.7. The Balaban J connectivity index is 1.95. The molecule has 1 aliphatic heterocycles. The van der Waals surface area contributed by atoms with E-state index < -0.39 is 5.97 Å².